The van der Waals surface area contributed by atoms with Crippen molar-refractivity contribution in [2.24, 2.45) is 35.5 Å². The average molecular weight is 268 g/mol. The van der Waals surface area contributed by atoms with Gasteiger partial charge in [-0.15, -0.1) is 0 Å². The van der Waals surface area contributed by atoms with Gasteiger partial charge in [-0.3, -0.25) is 0 Å². The Morgan fingerprint density at radius 1 is 0.632 bits per heavy atom. The number of hydrogen-bond donors (Lipinski definition) is 2. The molecule has 0 bridgehead atoms. The molecule has 8 atom stereocenters. The molecule has 2 heteroatoms. The molecule has 0 aliphatic heterocycles. The summed E-state index contributed by atoms with van der Waals surface area (Å²) in [5.74, 6) is 2.82. The molecule has 0 aromatic rings. The first kappa shape index (κ1) is 15.3. The first-order chi connectivity index (χ1) is 8.91. The lowest BCUT2D eigenvalue weighted by Gasteiger charge is -2.44. The minimum atomic E-state index is -0.166. The van der Waals surface area contributed by atoms with Crippen LogP contribution in [0.4, 0.5) is 0 Å². The van der Waals surface area contributed by atoms with Gasteiger partial charge in [0.05, 0.1) is 12.2 Å². The molecule has 2 rings (SSSR count). The zero-order valence-electron chi connectivity index (χ0n) is 13.0. The molecular formula is C17H32O2. The van der Waals surface area contributed by atoms with E-state index in [1.165, 1.54) is 12.8 Å². The molecule has 0 saturated heterocycles. The summed E-state index contributed by atoms with van der Waals surface area (Å²) in [5.41, 5.74) is 0. The SMILES string of the molecule is CC1CCC(C)C(CC2C(C)CCC(C)C2O)C1O. The molecule has 2 fully saturated rings. The van der Waals surface area contributed by atoms with Crippen molar-refractivity contribution < 1.29 is 10.2 Å². The Morgan fingerprint density at radius 2 is 0.947 bits per heavy atom. The largest absolute Gasteiger partial charge is 0.393 e. The lowest BCUT2D eigenvalue weighted by Crippen LogP contribution is -2.43. The summed E-state index contributed by atoms with van der Waals surface area (Å²) in [5, 5.41) is 21.0. The van der Waals surface area contributed by atoms with E-state index in [2.05, 4.69) is 27.7 Å². The van der Waals surface area contributed by atoms with Crippen molar-refractivity contribution in [2.75, 3.05) is 0 Å². The summed E-state index contributed by atoms with van der Waals surface area (Å²) in [6.07, 6.45) is 5.45. The molecule has 0 aromatic carbocycles. The van der Waals surface area contributed by atoms with E-state index >= 15 is 0 Å². The van der Waals surface area contributed by atoms with Crippen molar-refractivity contribution in [2.45, 2.75) is 72.0 Å². The van der Waals surface area contributed by atoms with Crippen molar-refractivity contribution in [3.8, 4) is 0 Å². The van der Waals surface area contributed by atoms with E-state index in [9.17, 15) is 10.2 Å². The number of aliphatic hydroxyl groups excluding tert-OH is 2. The average Bonchev–Trinajstić information content (AvgIpc) is 2.38. The highest BCUT2D eigenvalue weighted by Crippen LogP contribution is 2.43. The predicted octanol–water partition coefficient (Wildman–Crippen LogP) is 3.46. The number of aliphatic hydroxyl groups is 2. The highest BCUT2D eigenvalue weighted by atomic mass is 16.3. The van der Waals surface area contributed by atoms with Gasteiger partial charge in [0, 0.05) is 0 Å². The maximum absolute atomic E-state index is 10.5. The summed E-state index contributed by atoms with van der Waals surface area (Å²) < 4.78 is 0. The normalized spacial score (nSPS) is 52.1. The van der Waals surface area contributed by atoms with Crippen LogP contribution in [0.25, 0.3) is 0 Å². The van der Waals surface area contributed by atoms with Crippen molar-refractivity contribution in [3.63, 3.8) is 0 Å². The zero-order valence-corrected chi connectivity index (χ0v) is 13.0. The maximum Gasteiger partial charge on any atom is 0.0596 e. The molecule has 2 N–H and O–H groups in total. The Labute approximate surface area is 118 Å². The van der Waals surface area contributed by atoms with E-state index in [1.807, 2.05) is 0 Å². The van der Waals surface area contributed by atoms with Crippen LogP contribution >= 0.6 is 0 Å². The fourth-order valence-electron chi connectivity index (χ4n) is 4.40. The Hall–Kier alpha value is -0.0800. The zero-order chi connectivity index (χ0) is 14.2. The molecule has 2 aliphatic rings. The highest BCUT2D eigenvalue weighted by molar-refractivity contribution is 4.90. The van der Waals surface area contributed by atoms with Gasteiger partial charge in [0.25, 0.3) is 0 Å². The third-order valence-electron chi connectivity index (χ3n) is 6.20. The summed E-state index contributed by atoms with van der Waals surface area (Å²) in [6, 6.07) is 0. The van der Waals surface area contributed by atoms with Crippen molar-refractivity contribution >= 4 is 0 Å². The van der Waals surface area contributed by atoms with Gasteiger partial charge < -0.3 is 10.2 Å². The fraction of sp³-hybridized carbons (Fsp3) is 1.00. The Morgan fingerprint density at radius 3 is 1.32 bits per heavy atom. The monoisotopic (exact) mass is 268 g/mol. The predicted molar refractivity (Wildman–Crippen MR) is 78.7 cm³/mol. The van der Waals surface area contributed by atoms with E-state index in [1.54, 1.807) is 0 Å². The third-order valence-corrected chi connectivity index (χ3v) is 6.20. The van der Waals surface area contributed by atoms with Crippen LogP contribution in [-0.2, 0) is 0 Å². The third kappa shape index (κ3) is 3.16. The van der Waals surface area contributed by atoms with Gasteiger partial charge in [-0.25, -0.2) is 0 Å². The van der Waals surface area contributed by atoms with Gasteiger partial charge in [0.2, 0.25) is 0 Å². The smallest absolute Gasteiger partial charge is 0.0596 e. The van der Waals surface area contributed by atoms with Crippen LogP contribution in [0, 0.1) is 35.5 Å². The van der Waals surface area contributed by atoms with E-state index in [-0.39, 0.29) is 12.2 Å². The molecule has 2 nitrogen and oxygen atoms in total. The summed E-state index contributed by atoms with van der Waals surface area (Å²) in [7, 11) is 0. The van der Waals surface area contributed by atoms with Crippen molar-refractivity contribution in [3.05, 3.63) is 0 Å². The van der Waals surface area contributed by atoms with Gasteiger partial charge >= 0.3 is 0 Å². The second kappa shape index (κ2) is 6.13. The molecule has 0 spiro atoms. The Kier molecular flexibility index (Phi) is 4.94. The summed E-state index contributed by atoms with van der Waals surface area (Å²) >= 11 is 0. The van der Waals surface area contributed by atoms with Crippen LogP contribution in [0.2, 0.25) is 0 Å². The van der Waals surface area contributed by atoms with E-state index < -0.39 is 0 Å². The van der Waals surface area contributed by atoms with Gasteiger partial charge in [-0.1, -0.05) is 40.5 Å². The Balaban J connectivity index is 2.05. The molecule has 8 unspecified atom stereocenters. The highest BCUT2D eigenvalue weighted by Gasteiger charge is 2.40. The molecule has 2 aliphatic carbocycles. The van der Waals surface area contributed by atoms with Crippen LogP contribution in [-0.4, -0.2) is 22.4 Å². The minimum absolute atomic E-state index is 0.166. The quantitative estimate of drug-likeness (QED) is 0.805. The lowest BCUT2D eigenvalue weighted by atomic mass is 9.64. The number of hydrogen-bond acceptors (Lipinski definition) is 2. The molecular weight excluding hydrogens is 236 g/mol. The van der Waals surface area contributed by atoms with Crippen molar-refractivity contribution in [1.29, 1.82) is 0 Å². The summed E-state index contributed by atoms with van der Waals surface area (Å²) in [4.78, 5) is 0. The first-order valence-electron chi connectivity index (χ1n) is 8.28. The Bertz CT molecular complexity index is 263. The second-order valence-electron chi connectivity index (χ2n) is 7.61. The standard InChI is InChI=1S/C17H32O2/c1-10-5-7-12(3)16(18)14(10)9-15-11(2)6-8-13(4)17(15)19/h10-19H,5-9H2,1-4H3. The molecule has 0 radical (unpaired) electrons. The maximum atomic E-state index is 10.5. The fourth-order valence-corrected chi connectivity index (χ4v) is 4.40. The van der Waals surface area contributed by atoms with Crippen LogP contribution in [0.3, 0.4) is 0 Å². The van der Waals surface area contributed by atoms with Crippen LogP contribution in [0.5, 0.6) is 0 Å². The molecule has 19 heavy (non-hydrogen) atoms. The molecule has 0 heterocycles. The van der Waals surface area contributed by atoms with Gasteiger partial charge in [-0.2, -0.15) is 0 Å². The van der Waals surface area contributed by atoms with Gasteiger partial charge in [0.15, 0.2) is 0 Å². The van der Waals surface area contributed by atoms with Crippen LogP contribution in [0.1, 0.15) is 59.8 Å². The van der Waals surface area contributed by atoms with Crippen LogP contribution < -0.4 is 0 Å². The van der Waals surface area contributed by atoms with Crippen LogP contribution in [0.15, 0.2) is 0 Å². The second-order valence-corrected chi connectivity index (χ2v) is 7.61. The molecule has 0 aromatic heterocycles. The minimum Gasteiger partial charge on any atom is -0.393 e. The van der Waals surface area contributed by atoms with E-state index in [0.717, 1.165) is 19.3 Å². The number of rotatable bonds is 2. The summed E-state index contributed by atoms with van der Waals surface area (Å²) in [6.45, 7) is 8.91. The first-order valence-corrected chi connectivity index (χ1v) is 8.28. The van der Waals surface area contributed by atoms with Gasteiger partial charge in [0.1, 0.15) is 0 Å². The molecule has 112 valence electrons. The molecule has 2 saturated carbocycles. The van der Waals surface area contributed by atoms with E-state index in [0.29, 0.717) is 35.5 Å². The molecule has 0 amide bonds. The lowest BCUT2D eigenvalue weighted by molar-refractivity contribution is -0.0577. The topological polar surface area (TPSA) is 40.5 Å². The van der Waals surface area contributed by atoms with Crippen molar-refractivity contribution in [1.82, 2.24) is 0 Å². The van der Waals surface area contributed by atoms with Gasteiger partial charge in [-0.05, 0) is 54.8 Å². The van der Waals surface area contributed by atoms with E-state index in [4.69, 9.17) is 0 Å².